The van der Waals surface area contributed by atoms with E-state index in [0.717, 1.165) is 17.8 Å². The Labute approximate surface area is 117 Å². The second-order valence-electron chi connectivity index (χ2n) is 5.19. The van der Waals surface area contributed by atoms with Crippen molar-refractivity contribution in [1.82, 2.24) is 9.97 Å². The minimum Gasteiger partial charge on any atom is -0.353 e. The summed E-state index contributed by atoms with van der Waals surface area (Å²) in [5.74, 6) is 0. The van der Waals surface area contributed by atoms with Gasteiger partial charge >= 0.3 is 0 Å². The number of benzene rings is 2. The third-order valence-corrected chi connectivity index (χ3v) is 3.96. The fraction of sp³-hybridized carbons (Fsp3) is 0.111. The molecular formula is C18H16N2. The lowest BCUT2D eigenvalue weighted by atomic mass is 10.1. The number of para-hydroxylation sites is 1. The molecule has 2 N–H and O–H groups in total. The van der Waals surface area contributed by atoms with Crippen LogP contribution in [0.2, 0.25) is 0 Å². The molecule has 0 saturated heterocycles. The molecule has 0 amide bonds. The van der Waals surface area contributed by atoms with E-state index in [1.165, 1.54) is 27.4 Å². The summed E-state index contributed by atoms with van der Waals surface area (Å²) < 4.78 is 0. The Kier molecular flexibility index (Phi) is 2.43. The van der Waals surface area contributed by atoms with Gasteiger partial charge < -0.3 is 9.97 Å². The largest absolute Gasteiger partial charge is 0.353 e. The van der Waals surface area contributed by atoms with Crippen LogP contribution in [0.1, 0.15) is 12.5 Å². The molecule has 2 nitrogen and oxygen atoms in total. The molecule has 0 atom stereocenters. The van der Waals surface area contributed by atoms with E-state index in [0.29, 0.717) is 0 Å². The van der Waals surface area contributed by atoms with Gasteiger partial charge in [0.15, 0.2) is 0 Å². The first-order valence-electron chi connectivity index (χ1n) is 7.04. The summed E-state index contributed by atoms with van der Waals surface area (Å²) >= 11 is 0. The van der Waals surface area contributed by atoms with Crippen LogP contribution in [0.4, 0.5) is 0 Å². The topological polar surface area (TPSA) is 31.6 Å². The Morgan fingerprint density at radius 3 is 2.40 bits per heavy atom. The molecule has 0 aliphatic rings. The van der Waals surface area contributed by atoms with E-state index < -0.39 is 0 Å². The first kappa shape index (κ1) is 11.4. The van der Waals surface area contributed by atoms with E-state index in [1.807, 2.05) is 0 Å². The quantitative estimate of drug-likeness (QED) is 0.515. The molecule has 0 radical (unpaired) electrons. The van der Waals surface area contributed by atoms with Crippen LogP contribution in [-0.2, 0) is 6.42 Å². The van der Waals surface area contributed by atoms with Gasteiger partial charge in [0.2, 0.25) is 0 Å². The lowest BCUT2D eigenvalue weighted by Crippen LogP contribution is -1.79. The van der Waals surface area contributed by atoms with E-state index in [4.69, 9.17) is 0 Å². The van der Waals surface area contributed by atoms with Gasteiger partial charge in [-0.25, -0.2) is 0 Å². The number of fused-ring (bicyclic) bond motifs is 2. The molecule has 20 heavy (non-hydrogen) atoms. The highest BCUT2D eigenvalue weighted by atomic mass is 14.8. The fourth-order valence-corrected chi connectivity index (χ4v) is 2.89. The maximum atomic E-state index is 3.52. The molecule has 0 aliphatic heterocycles. The Morgan fingerprint density at radius 1 is 0.800 bits per heavy atom. The van der Waals surface area contributed by atoms with Crippen LogP contribution >= 0.6 is 0 Å². The van der Waals surface area contributed by atoms with Gasteiger partial charge in [0.05, 0.1) is 11.4 Å². The predicted molar refractivity (Wildman–Crippen MR) is 85.0 cm³/mol. The number of aromatic nitrogens is 2. The minimum atomic E-state index is 1.06. The molecule has 0 unspecified atom stereocenters. The summed E-state index contributed by atoms with van der Waals surface area (Å²) in [6, 6.07) is 19.3. The number of aromatic amines is 2. The van der Waals surface area contributed by atoms with Crippen LogP contribution < -0.4 is 0 Å². The average molecular weight is 260 g/mol. The van der Waals surface area contributed by atoms with Crippen molar-refractivity contribution in [2.45, 2.75) is 13.3 Å². The highest BCUT2D eigenvalue weighted by molar-refractivity contribution is 5.91. The zero-order valence-electron chi connectivity index (χ0n) is 11.4. The molecule has 0 saturated carbocycles. The zero-order chi connectivity index (χ0) is 13.5. The summed E-state index contributed by atoms with van der Waals surface area (Å²) in [5.41, 5.74) is 6.07. The predicted octanol–water partition coefficient (Wildman–Crippen LogP) is 4.88. The third-order valence-electron chi connectivity index (χ3n) is 3.96. The van der Waals surface area contributed by atoms with Crippen molar-refractivity contribution >= 4 is 21.8 Å². The number of aryl methyl sites for hydroxylation is 1. The molecule has 0 bridgehead atoms. The Bertz CT molecular complexity index is 863. The molecule has 0 fully saturated rings. The summed E-state index contributed by atoms with van der Waals surface area (Å²) in [6.45, 7) is 2.20. The standard InChI is InChI=1S/C18H16N2/c1-2-12-7-5-9-16-14(12)11-18(20-16)17-10-13-6-3-4-8-15(13)19-17/h3-11,19-20H,2H2,1H3. The van der Waals surface area contributed by atoms with E-state index in [-0.39, 0.29) is 0 Å². The number of nitrogens with one attached hydrogen (secondary N) is 2. The molecule has 98 valence electrons. The van der Waals surface area contributed by atoms with Crippen molar-refractivity contribution in [2.24, 2.45) is 0 Å². The SMILES string of the molecule is CCc1cccc2[nH]c(-c3cc4ccccc4[nH]3)cc12. The molecule has 0 aliphatic carbocycles. The van der Waals surface area contributed by atoms with Crippen molar-refractivity contribution in [3.63, 3.8) is 0 Å². The molecule has 4 aromatic rings. The lowest BCUT2D eigenvalue weighted by molar-refractivity contribution is 1.16. The molecule has 4 rings (SSSR count). The third kappa shape index (κ3) is 1.65. The number of hydrogen-bond donors (Lipinski definition) is 2. The number of hydrogen-bond acceptors (Lipinski definition) is 0. The summed E-state index contributed by atoms with van der Waals surface area (Å²) in [6.07, 6.45) is 1.06. The van der Waals surface area contributed by atoms with Crippen LogP contribution in [0.15, 0.2) is 54.6 Å². The normalized spacial score (nSPS) is 11.4. The summed E-state index contributed by atoms with van der Waals surface area (Å²) in [7, 11) is 0. The summed E-state index contributed by atoms with van der Waals surface area (Å²) in [4.78, 5) is 7.00. The van der Waals surface area contributed by atoms with Gasteiger partial charge in [-0.3, -0.25) is 0 Å². The maximum absolute atomic E-state index is 3.52. The minimum absolute atomic E-state index is 1.06. The molecule has 0 spiro atoms. The van der Waals surface area contributed by atoms with Crippen molar-refractivity contribution < 1.29 is 0 Å². The highest BCUT2D eigenvalue weighted by Gasteiger charge is 2.08. The fourth-order valence-electron chi connectivity index (χ4n) is 2.89. The van der Waals surface area contributed by atoms with Crippen LogP contribution in [0.3, 0.4) is 0 Å². The molecular weight excluding hydrogens is 244 g/mol. The Balaban J connectivity index is 1.93. The van der Waals surface area contributed by atoms with Crippen LogP contribution in [0.5, 0.6) is 0 Å². The van der Waals surface area contributed by atoms with Crippen molar-refractivity contribution in [2.75, 3.05) is 0 Å². The second kappa shape index (κ2) is 4.27. The van der Waals surface area contributed by atoms with Gasteiger partial charge in [-0.1, -0.05) is 37.3 Å². The molecule has 2 heterocycles. The van der Waals surface area contributed by atoms with Crippen molar-refractivity contribution in [3.05, 3.63) is 60.2 Å². The van der Waals surface area contributed by atoms with E-state index >= 15 is 0 Å². The van der Waals surface area contributed by atoms with Gasteiger partial charge in [-0.2, -0.15) is 0 Å². The molecule has 2 aromatic carbocycles. The Hall–Kier alpha value is -2.48. The van der Waals surface area contributed by atoms with E-state index in [1.54, 1.807) is 0 Å². The van der Waals surface area contributed by atoms with Crippen molar-refractivity contribution in [3.8, 4) is 11.4 Å². The van der Waals surface area contributed by atoms with Gasteiger partial charge in [0.1, 0.15) is 0 Å². The van der Waals surface area contributed by atoms with Crippen LogP contribution in [-0.4, -0.2) is 9.97 Å². The van der Waals surface area contributed by atoms with Crippen molar-refractivity contribution in [1.29, 1.82) is 0 Å². The average Bonchev–Trinajstić information content (AvgIpc) is 3.09. The highest BCUT2D eigenvalue weighted by Crippen LogP contribution is 2.28. The maximum Gasteiger partial charge on any atom is 0.0630 e. The van der Waals surface area contributed by atoms with Crippen LogP contribution in [0.25, 0.3) is 33.2 Å². The van der Waals surface area contributed by atoms with Gasteiger partial charge in [0, 0.05) is 21.8 Å². The Morgan fingerprint density at radius 2 is 1.55 bits per heavy atom. The summed E-state index contributed by atoms with van der Waals surface area (Å²) in [5, 5.41) is 2.57. The molecule has 2 aromatic heterocycles. The number of H-pyrrole nitrogens is 2. The van der Waals surface area contributed by atoms with E-state index in [2.05, 4.69) is 71.5 Å². The van der Waals surface area contributed by atoms with Gasteiger partial charge in [0.25, 0.3) is 0 Å². The van der Waals surface area contributed by atoms with E-state index in [9.17, 15) is 0 Å². The lowest BCUT2D eigenvalue weighted by Gasteiger charge is -1.96. The smallest absolute Gasteiger partial charge is 0.0630 e. The second-order valence-corrected chi connectivity index (χ2v) is 5.19. The number of rotatable bonds is 2. The first-order valence-corrected chi connectivity index (χ1v) is 7.04. The first-order chi connectivity index (χ1) is 9.85. The van der Waals surface area contributed by atoms with Gasteiger partial charge in [-0.15, -0.1) is 0 Å². The monoisotopic (exact) mass is 260 g/mol. The zero-order valence-corrected chi connectivity index (χ0v) is 11.4. The molecule has 2 heteroatoms. The van der Waals surface area contributed by atoms with Crippen LogP contribution in [0, 0.1) is 0 Å². The van der Waals surface area contributed by atoms with Gasteiger partial charge in [-0.05, 0) is 36.2 Å².